The third kappa shape index (κ3) is 1.40. The van der Waals surface area contributed by atoms with Crippen molar-refractivity contribution in [3.63, 3.8) is 0 Å². The fourth-order valence-electron chi connectivity index (χ4n) is 2.72. The number of benzene rings is 1. The van der Waals surface area contributed by atoms with Crippen LogP contribution in [-0.4, -0.2) is 18.3 Å². The highest BCUT2D eigenvalue weighted by molar-refractivity contribution is 5.41. The summed E-state index contributed by atoms with van der Waals surface area (Å²) in [5, 5.41) is 9.50. The molecule has 2 rings (SSSR count). The molecule has 0 heterocycles. The van der Waals surface area contributed by atoms with Crippen LogP contribution in [-0.2, 0) is 5.41 Å². The highest BCUT2D eigenvalue weighted by atomic mass is 16.3. The van der Waals surface area contributed by atoms with Crippen molar-refractivity contribution >= 4 is 0 Å². The van der Waals surface area contributed by atoms with Gasteiger partial charge in [0, 0.05) is 17.4 Å². The van der Waals surface area contributed by atoms with Gasteiger partial charge in [-0.3, -0.25) is 0 Å². The molecule has 0 bridgehead atoms. The summed E-state index contributed by atoms with van der Waals surface area (Å²) in [6.07, 6.45) is 0.996. The highest BCUT2D eigenvalue weighted by Crippen LogP contribution is 2.63. The maximum Gasteiger partial charge on any atom is 0.0508 e. The van der Waals surface area contributed by atoms with E-state index in [2.05, 4.69) is 39.0 Å². The van der Waals surface area contributed by atoms with Gasteiger partial charge in [-0.1, -0.05) is 25.1 Å². The molecule has 2 atom stereocenters. The maximum atomic E-state index is 9.50. The largest absolute Gasteiger partial charge is 0.396 e. The zero-order valence-corrected chi connectivity index (χ0v) is 10.4. The van der Waals surface area contributed by atoms with Crippen molar-refractivity contribution in [2.24, 2.45) is 11.1 Å². The monoisotopic (exact) mass is 219 g/mol. The molecule has 1 aliphatic carbocycles. The first-order chi connectivity index (χ1) is 7.49. The van der Waals surface area contributed by atoms with E-state index in [1.165, 1.54) is 16.7 Å². The second-order valence-electron chi connectivity index (χ2n) is 5.45. The summed E-state index contributed by atoms with van der Waals surface area (Å²) >= 11 is 0. The molecule has 16 heavy (non-hydrogen) atoms. The van der Waals surface area contributed by atoms with Gasteiger partial charge in [0.1, 0.15) is 0 Å². The van der Waals surface area contributed by atoms with E-state index in [4.69, 9.17) is 5.73 Å². The lowest BCUT2D eigenvalue weighted by molar-refractivity contribution is 0.198. The summed E-state index contributed by atoms with van der Waals surface area (Å²) < 4.78 is 0. The number of aliphatic hydroxyl groups is 1. The number of nitrogens with two attached hydrogens (primary N) is 1. The minimum atomic E-state index is -0.0886. The normalized spacial score (nSPS) is 32.8. The minimum Gasteiger partial charge on any atom is -0.396 e. The lowest BCUT2D eigenvalue weighted by Gasteiger charge is -2.20. The van der Waals surface area contributed by atoms with Crippen LogP contribution in [0, 0.1) is 19.3 Å². The molecule has 88 valence electrons. The summed E-state index contributed by atoms with van der Waals surface area (Å²) in [6.45, 7) is 7.21. The van der Waals surface area contributed by atoms with Crippen LogP contribution in [0.4, 0.5) is 0 Å². The van der Waals surface area contributed by atoms with Crippen LogP contribution in [0.1, 0.15) is 30.0 Å². The van der Waals surface area contributed by atoms with Gasteiger partial charge < -0.3 is 10.8 Å². The van der Waals surface area contributed by atoms with Crippen molar-refractivity contribution in [2.75, 3.05) is 13.2 Å². The average molecular weight is 219 g/mol. The van der Waals surface area contributed by atoms with Crippen LogP contribution in [0.5, 0.6) is 0 Å². The summed E-state index contributed by atoms with van der Waals surface area (Å²) in [6, 6.07) is 6.57. The molecule has 0 aliphatic heterocycles. The molecular formula is C14H21NO. The van der Waals surface area contributed by atoms with Crippen LogP contribution in [0.15, 0.2) is 18.2 Å². The SMILES string of the molecule is Cc1ccc(C2(C)CC2(CN)CO)cc1C. The van der Waals surface area contributed by atoms with E-state index in [1.54, 1.807) is 0 Å². The summed E-state index contributed by atoms with van der Waals surface area (Å²) in [7, 11) is 0. The Balaban J connectivity index is 2.36. The molecule has 0 spiro atoms. The first-order valence-electron chi connectivity index (χ1n) is 5.88. The average Bonchev–Trinajstić information content (AvgIpc) is 2.90. The Morgan fingerprint density at radius 2 is 2.00 bits per heavy atom. The van der Waals surface area contributed by atoms with Crippen molar-refractivity contribution in [3.8, 4) is 0 Å². The molecule has 1 aromatic rings. The third-order valence-electron chi connectivity index (χ3n) is 4.57. The van der Waals surface area contributed by atoms with Gasteiger partial charge >= 0.3 is 0 Å². The molecule has 1 aliphatic rings. The van der Waals surface area contributed by atoms with E-state index < -0.39 is 0 Å². The molecule has 0 amide bonds. The lowest BCUT2D eigenvalue weighted by atomic mass is 9.86. The molecule has 2 nitrogen and oxygen atoms in total. The minimum absolute atomic E-state index is 0.0644. The second kappa shape index (κ2) is 3.57. The maximum absolute atomic E-state index is 9.50. The van der Waals surface area contributed by atoms with Gasteiger partial charge in [0.25, 0.3) is 0 Å². The second-order valence-corrected chi connectivity index (χ2v) is 5.45. The van der Waals surface area contributed by atoms with E-state index >= 15 is 0 Å². The van der Waals surface area contributed by atoms with Gasteiger partial charge in [-0.05, 0) is 37.0 Å². The predicted molar refractivity (Wildman–Crippen MR) is 66.5 cm³/mol. The van der Waals surface area contributed by atoms with E-state index in [1.807, 2.05) is 0 Å². The number of rotatable bonds is 3. The number of aryl methyl sites for hydroxylation is 2. The number of aliphatic hydroxyl groups excluding tert-OH is 1. The molecule has 3 N–H and O–H groups in total. The van der Waals surface area contributed by atoms with Crippen LogP contribution < -0.4 is 5.73 Å². The van der Waals surface area contributed by atoms with E-state index in [-0.39, 0.29) is 17.4 Å². The third-order valence-corrected chi connectivity index (χ3v) is 4.57. The zero-order chi connectivity index (χ0) is 12.0. The Morgan fingerprint density at radius 1 is 1.31 bits per heavy atom. The van der Waals surface area contributed by atoms with Gasteiger partial charge in [0.05, 0.1) is 6.61 Å². The zero-order valence-electron chi connectivity index (χ0n) is 10.4. The highest BCUT2D eigenvalue weighted by Gasteiger charge is 2.63. The fraction of sp³-hybridized carbons (Fsp3) is 0.571. The summed E-state index contributed by atoms with van der Waals surface area (Å²) in [4.78, 5) is 0. The van der Waals surface area contributed by atoms with Crippen LogP contribution in [0.3, 0.4) is 0 Å². The molecule has 2 unspecified atom stereocenters. The molecule has 0 saturated heterocycles. The van der Waals surface area contributed by atoms with Gasteiger partial charge in [0.2, 0.25) is 0 Å². The van der Waals surface area contributed by atoms with Crippen LogP contribution in [0.25, 0.3) is 0 Å². The number of hydrogen-bond donors (Lipinski definition) is 2. The standard InChI is InChI=1S/C14H21NO/c1-10-4-5-12(6-11(10)2)13(3)7-14(13,8-15)9-16/h4-6,16H,7-9,15H2,1-3H3. The van der Waals surface area contributed by atoms with Crippen LogP contribution >= 0.6 is 0 Å². The molecule has 1 fully saturated rings. The van der Waals surface area contributed by atoms with E-state index in [9.17, 15) is 5.11 Å². The Morgan fingerprint density at radius 3 is 2.44 bits per heavy atom. The molecule has 2 heteroatoms. The van der Waals surface area contributed by atoms with Gasteiger partial charge in [0.15, 0.2) is 0 Å². The van der Waals surface area contributed by atoms with Crippen molar-refractivity contribution in [2.45, 2.75) is 32.6 Å². The van der Waals surface area contributed by atoms with Gasteiger partial charge in [-0.25, -0.2) is 0 Å². The molecule has 1 aromatic carbocycles. The molecular weight excluding hydrogens is 198 g/mol. The Labute approximate surface area is 97.5 Å². The first-order valence-corrected chi connectivity index (χ1v) is 5.88. The molecule has 1 saturated carbocycles. The summed E-state index contributed by atoms with van der Waals surface area (Å²) in [5.41, 5.74) is 9.72. The first kappa shape index (κ1) is 11.6. The summed E-state index contributed by atoms with van der Waals surface area (Å²) in [5.74, 6) is 0. The Bertz CT molecular complexity index is 409. The fourth-order valence-corrected chi connectivity index (χ4v) is 2.72. The van der Waals surface area contributed by atoms with Gasteiger partial charge in [-0.2, -0.15) is 0 Å². The van der Waals surface area contributed by atoms with Crippen molar-refractivity contribution in [1.29, 1.82) is 0 Å². The topological polar surface area (TPSA) is 46.2 Å². The molecule has 0 aromatic heterocycles. The number of hydrogen-bond acceptors (Lipinski definition) is 2. The lowest BCUT2D eigenvalue weighted by Crippen LogP contribution is -2.27. The van der Waals surface area contributed by atoms with Crippen molar-refractivity contribution in [1.82, 2.24) is 0 Å². The quantitative estimate of drug-likeness (QED) is 0.815. The molecule has 0 radical (unpaired) electrons. The van der Waals surface area contributed by atoms with E-state index in [0.717, 1.165) is 6.42 Å². The van der Waals surface area contributed by atoms with Crippen molar-refractivity contribution in [3.05, 3.63) is 34.9 Å². The predicted octanol–water partition coefficient (Wildman–Crippen LogP) is 1.90. The Kier molecular flexibility index (Phi) is 2.59. The van der Waals surface area contributed by atoms with Gasteiger partial charge in [-0.15, -0.1) is 0 Å². The van der Waals surface area contributed by atoms with Crippen LogP contribution in [0.2, 0.25) is 0 Å². The van der Waals surface area contributed by atoms with E-state index in [0.29, 0.717) is 6.54 Å². The Hall–Kier alpha value is -0.860. The smallest absolute Gasteiger partial charge is 0.0508 e. The van der Waals surface area contributed by atoms with Crippen molar-refractivity contribution < 1.29 is 5.11 Å².